The lowest BCUT2D eigenvalue weighted by molar-refractivity contribution is -0.129. The second-order valence-corrected chi connectivity index (χ2v) is 3.74. The minimum Gasteiger partial charge on any atom is -0.391 e. The van der Waals surface area contributed by atoms with Crippen LogP contribution in [0.15, 0.2) is 12.7 Å². The van der Waals surface area contributed by atoms with Crippen molar-refractivity contribution >= 4 is 23.2 Å². The maximum atomic E-state index is 11.7. The molecule has 1 rings (SSSR count). The second kappa shape index (κ2) is 4.06. The van der Waals surface area contributed by atoms with Crippen LogP contribution < -0.4 is 5.32 Å². The van der Waals surface area contributed by atoms with Crippen molar-refractivity contribution in [2.24, 2.45) is 0 Å². The van der Waals surface area contributed by atoms with Crippen LogP contribution in [0.2, 0.25) is 0 Å². The van der Waals surface area contributed by atoms with E-state index >= 15 is 0 Å². The molecule has 0 aromatic carbocycles. The molecule has 3 atom stereocenters. The predicted octanol–water partition coefficient (Wildman–Crippen LogP) is 0.0270. The van der Waals surface area contributed by atoms with Crippen molar-refractivity contribution in [3.63, 3.8) is 0 Å². The first-order valence-corrected chi connectivity index (χ1v) is 4.84. The molecule has 2 N–H and O–H groups in total. The van der Waals surface area contributed by atoms with Crippen molar-refractivity contribution in [2.45, 2.75) is 32.0 Å². The van der Waals surface area contributed by atoms with Gasteiger partial charge in [-0.1, -0.05) is 6.08 Å². The van der Waals surface area contributed by atoms with E-state index in [1.165, 1.54) is 4.90 Å². The summed E-state index contributed by atoms with van der Waals surface area (Å²) in [5.74, 6) is -0.197. The molecule has 0 aromatic heterocycles. The van der Waals surface area contributed by atoms with E-state index < -0.39 is 12.1 Å². The number of carbonyl (C=O) groups excluding carboxylic acids is 1. The van der Waals surface area contributed by atoms with Crippen LogP contribution in [0.1, 0.15) is 13.8 Å². The van der Waals surface area contributed by atoms with Gasteiger partial charge in [0.05, 0.1) is 12.1 Å². The minimum atomic E-state index is -0.748. The van der Waals surface area contributed by atoms with Gasteiger partial charge < -0.3 is 10.4 Å². The van der Waals surface area contributed by atoms with Crippen LogP contribution in [0.4, 0.5) is 0 Å². The molecule has 0 saturated carbocycles. The summed E-state index contributed by atoms with van der Waals surface area (Å²) in [6, 6.07) is -0.767. The van der Waals surface area contributed by atoms with Crippen LogP contribution in [-0.2, 0) is 4.79 Å². The Kier molecular flexibility index (Phi) is 3.23. The van der Waals surface area contributed by atoms with Crippen LogP contribution >= 0.6 is 12.2 Å². The van der Waals surface area contributed by atoms with E-state index in [-0.39, 0.29) is 11.9 Å². The first-order chi connectivity index (χ1) is 6.49. The van der Waals surface area contributed by atoms with Crippen LogP contribution in [0, 0.1) is 0 Å². The highest BCUT2D eigenvalue weighted by molar-refractivity contribution is 7.80. The lowest BCUT2D eigenvalue weighted by Gasteiger charge is -2.20. The van der Waals surface area contributed by atoms with Crippen molar-refractivity contribution in [1.82, 2.24) is 10.2 Å². The van der Waals surface area contributed by atoms with Gasteiger partial charge in [0, 0.05) is 0 Å². The summed E-state index contributed by atoms with van der Waals surface area (Å²) in [5, 5.41) is 12.5. The maximum Gasteiger partial charge on any atom is 0.254 e. The van der Waals surface area contributed by atoms with Crippen LogP contribution in [0.3, 0.4) is 0 Å². The summed E-state index contributed by atoms with van der Waals surface area (Å²) < 4.78 is 0. The number of amides is 1. The van der Waals surface area contributed by atoms with Gasteiger partial charge in [0.15, 0.2) is 5.11 Å². The monoisotopic (exact) mass is 214 g/mol. The van der Waals surface area contributed by atoms with Crippen molar-refractivity contribution in [1.29, 1.82) is 0 Å². The molecule has 1 heterocycles. The number of carbonyl (C=O) groups is 1. The van der Waals surface area contributed by atoms with Crippen molar-refractivity contribution in [3.05, 3.63) is 12.7 Å². The van der Waals surface area contributed by atoms with Crippen LogP contribution in [-0.4, -0.2) is 39.2 Å². The average Bonchev–Trinajstić information content (AvgIpc) is 2.41. The average molecular weight is 214 g/mol. The molecule has 4 nitrogen and oxygen atoms in total. The smallest absolute Gasteiger partial charge is 0.254 e. The molecule has 1 amide bonds. The van der Waals surface area contributed by atoms with E-state index in [2.05, 4.69) is 11.9 Å². The van der Waals surface area contributed by atoms with Crippen molar-refractivity contribution in [3.8, 4) is 0 Å². The lowest BCUT2D eigenvalue weighted by Crippen LogP contribution is -2.40. The Hall–Kier alpha value is -0.940. The summed E-state index contributed by atoms with van der Waals surface area (Å²) in [4.78, 5) is 13.2. The number of hydrogen-bond acceptors (Lipinski definition) is 3. The molecule has 0 aliphatic carbocycles. The number of thiocarbonyl (C=S) groups is 1. The zero-order chi connectivity index (χ0) is 10.9. The van der Waals surface area contributed by atoms with Gasteiger partial charge >= 0.3 is 0 Å². The SMILES string of the molecule is C=CC(C)N1C(=O)[C@H]([C@H](C)O)NC1=S. The third kappa shape index (κ3) is 1.78. The standard InChI is InChI=1S/C9H14N2O2S/c1-4-5(2)11-8(13)7(6(3)12)10-9(11)14/h4-7,12H,1H2,2-3H3,(H,10,14)/t5?,6-,7-/m0/s1. The zero-order valence-electron chi connectivity index (χ0n) is 8.23. The van der Waals surface area contributed by atoms with E-state index in [1.807, 2.05) is 6.92 Å². The van der Waals surface area contributed by atoms with Crippen molar-refractivity contribution in [2.75, 3.05) is 0 Å². The Morgan fingerprint density at radius 1 is 1.71 bits per heavy atom. The quantitative estimate of drug-likeness (QED) is 0.514. The van der Waals surface area contributed by atoms with Crippen molar-refractivity contribution < 1.29 is 9.90 Å². The minimum absolute atomic E-state index is 0.147. The highest BCUT2D eigenvalue weighted by Gasteiger charge is 2.39. The Bertz CT molecular complexity index is 278. The van der Waals surface area contributed by atoms with Gasteiger partial charge in [-0.2, -0.15) is 0 Å². The zero-order valence-corrected chi connectivity index (χ0v) is 9.04. The first-order valence-electron chi connectivity index (χ1n) is 4.43. The van der Waals surface area contributed by atoms with Gasteiger partial charge in [0.2, 0.25) is 0 Å². The molecule has 0 aromatic rings. The Labute approximate surface area is 88.6 Å². The fourth-order valence-electron chi connectivity index (χ4n) is 1.33. The van der Waals surface area contributed by atoms with Gasteiger partial charge in [-0.15, -0.1) is 6.58 Å². The fraction of sp³-hybridized carbons (Fsp3) is 0.556. The molecule has 0 bridgehead atoms. The molecule has 5 heteroatoms. The number of hydrogen-bond donors (Lipinski definition) is 2. The molecule has 1 unspecified atom stereocenters. The normalized spacial score (nSPS) is 25.9. The molecule has 0 spiro atoms. The summed E-state index contributed by atoms with van der Waals surface area (Å²) in [6.45, 7) is 6.98. The van der Waals surface area contributed by atoms with E-state index in [0.29, 0.717) is 5.11 Å². The van der Waals surface area contributed by atoms with Crippen LogP contribution in [0.25, 0.3) is 0 Å². The van der Waals surface area contributed by atoms with E-state index in [1.54, 1.807) is 13.0 Å². The molecule has 14 heavy (non-hydrogen) atoms. The number of nitrogens with one attached hydrogen (secondary N) is 1. The summed E-state index contributed by atoms with van der Waals surface area (Å²) in [7, 11) is 0. The maximum absolute atomic E-state index is 11.7. The van der Waals surface area contributed by atoms with Gasteiger partial charge in [-0.05, 0) is 26.1 Å². The molecule has 1 saturated heterocycles. The highest BCUT2D eigenvalue weighted by atomic mass is 32.1. The van der Waals surface area contributed by atoms with Gasteiger partial charge in [0.25, 0.3) is 5.91 Å². The molecule has 0 radical (unpaired) electrons. The topological polar surface area (TPSA) is 52.6 Å². The van der Waals surface area contributed by atoms with Gasteiger partial charge in [-0.25, -0.2) is 0 Å². The molecule has 1 aliphatic rings. The number of rotatable bonds is 3. The molecule has 1 fully saturated rings. The summed E-state index contributed by atoms with van der Waals surface area (Å²) in [5.41, 5.74) is 0. The number of aliphatic hydroxyl groups excluding tert-OH is 1. The molecular weight excluding hydrogens is 200 g/mol. The third-order valence-corrected chi connectivity index (χ3v) is 2.55. The Morgan fingerprint density at radius 3 is 2.64 bits per heavy atom. The summed E-state index contributed by atoms with van der Waals surface area (Å²) in [6.07, 6.45) is 0.888. The van der Waals surface area contributed by atoms with Gasteiger partial charge in [-0.3, -0.25) is 9.69 Å². The molecular formula is C9H14N2O2S. The van der Waals surface area contributed by atoms with E-state index in [0.717, 1.165) is 0 Å². The van der Waals surface area contributed by atoms with Gasteiger partial charge in [0.1, 0.15) is 6.04 Å². The van der Waals surface area contributed by atoms with Crippen LogP contribution in [0.5, 0.6) is 0 Å². The van der Waals surface area contributed by atoms with E-state index in [4.69, 9.17) is 12.2 Å². The Morgan fingerprint density at radius 2 is 2.29 bits per heavy atom. The number of aliphatic hydroxyl groups is 1. The molecule has 78 valence electrons. The summed E-state index contributed by atoms with van der Waals surface area (Å²) >= 11 is 4.99. The predicted molar refractivity (Wildman–Crippen MR) is 57.7 cm³/mol. The fourth-order valence-corrected chi connectivity index (χ4v) is 1.72. The van der Waals surface area contributed by atoms with E-state index in [9.17, 15) is 9.90 Å². The Balaban J connectivity index is 2.85. The highest BCUT2D eigenvalue weighted by Crippen LogP contribution is 2.13. The largest absolute Gasteiger partial charge is 0.391 e. The first kappa shape index (κ1) is 11.1. The third-order valence-electron chi connectivity index (χ3n) is 2.23. The molecule has 1 aliphatic heterocycles. The lowest BCUT2D eigenvalue weighted by atomic mass is 10.2. The second-order valence-electron chi connectivity index (χ2n) is 3.35. The number of nitrogens with zero attached hydrogens (tertiary/aromatic N) is 1.